The molecule has 1 amide bonds. The lowest BCUT2D eigenvalue weighted by Gasteiger charge is -2.46. The molecule has 168 valence electrons. The van der Waals surface area contributed by atoms with Crippen LogP contribution in [0.1, 0.15) is 30.5 Å². The third kappa shape index (κ3) is 3.18. The first-order chi connectivity index (χ1) is 15.3. The minimum atomic E-state index is -1.27. The van der Waals surface area contributed by atoms with E-state index in [9.17, 15) is 14.4 Å². The summed E-state index contributed by atoms with van der Waals surface area (Å²) in [5, 5.41) is 0. The van der Waals surface area contributed by atoms with Gasteiger partial charge in [0.1, 0.15) is 5.54 Å². The topological polar surface area (TPSA) is 91.4 Å². The van der Waals surface area contributed by atoms with Crippen molar-refractivity contribution in [2.45, 2.75) is 38.0 Å². The van der Waals surface area contributed by atoms with Crippen molar-refractivity contribution in [3.8, 4) is 11.5 Å². The van der Waals surface area contributed by atoms with Gasteiger partial charge in [-0.3, -0.25) is 14.4 Å². The highest BCUT2D eigenvalue weighted by Gasteiger charge is 2.65. The molecule has 2 aliphatic rings. The molecule has 0 N–H and O–H groups in total. The predicted octanol–water partition coefficient (Wildman–Crippen LogP) is 2.21. The lowest BCUT2D eigenvalue weighted by Crippen LogP contribution is -2.54. The van der Waals surface area contributed by atoms with E-state index in [0.29, 0.717) is 24.5 Å². The summed E-state index contributed by atoms with van der Waals surface area (Å²) in [4.78, 5) is 39.3. The van der Waals surface area contributed by atoms with Crippen LogP contribution in [0.15, 0.2) is 42.5 Å². The molecule has 3 atom stereocenters. The fourth-order valence-electron chi connectivity index (χ4n) is 4.91. The maximum atomic E-state index is 13.5. The van der Waals surface area contributed by atoms with Gasteiger partial charge in [-0.25, -0.2) is 0 Å². The van der Waals surface area contributed by atoms with Crippen LogP contribution < -0.4 is 9.47 Å². The van der Waals surface area contributed by atoms with Crippen molar-refractivity contribution in [1.29, 1.82) is 0 Å². The third-order valence-electron chi connectivity index (χ3n) is 6.05. The Hall–Kier alpha value is -3.55. The van der Waals surface area contributed by atoms with E-state index < -0.39 is 35.6 Å². The van der Waals surface area contributed by atoms with Crippen LogP contribution in [-0.2, 0) is 35.8 Å². The Kier molecular flexibility index (Phi) is 5.54. The predicted molar refractivity (Wildman–Crippen MR) is 113 cm³/mol. The second-order valence-corrected chi connectivity index (χ2v) is 7.80. The van der Waals surface area contributed by atoms with Crippen LogP contribution >= 0.6 is 0 Å². The van der Waals surface area contributed by atoms with Crippen molar-refractivity contribution in [1.82, 2.24) is 4.90 Å². The average molecular weight is 439 g/mol. The number of nitrogens with zero attached hydrogens (tertiary/aromatic N) is 1. The summed E-state index contributed by atoms with van der Waals surface area (Å²) in [5.41, 5.74) is 1.21. The Bertz CT molecular complexity index is 1070. The fraction of sp³-hybridized carbons (Fsp3) is 0.375. The Balaban J connectivity index is 2.06. The maximum Gasteiger partial charge on any atom is 0.303 e. The molecule has 0 unspecified atom stereocenters. The number of rotatable bonds is 5. The number of hydrogen-bond acceptors (Lipinski definition) is 7. The summed E-state index contributed by atoms with van der Waals surface area (Å²) < 4.78 is 22.2. The van der Waals surface area contributed by atoms with E-state index in [1.165, 1.54) is 21.0 Å². The number of ether oxygens (including phenoxy) is 4. The van der Waals surface area contributed by atoms with Crippen LogP contribution in [0.4, 0.5) is 0 Å². The van der Waals surface area contributed by atoms with Gasteiger partial charge in [-0.2, -0.15) is 0 Å². The zero-order valence-corrected chi connectivity index (χ0v) is 18.4. The Morgan fingerprint density at radius 2 is 1.59 bits per heavy atom. The number of hydrogen-bond donors (Lipinski definition) is 0. The first-order valence-electron chi connectivity index (χ1n) is 10.3. The van der Waals surface area contributed by atoms with Crippen LogP contribution in [0, 0.1) is 0 Å². The highest BCUT2D eigenvalue weighted by atomic mass is 16.6. The molecule has 0 radical (unpaired) electrons. The van der Waals surface area contributed by atoms with Crippen molar-refractivity contribution >= 4 is 17.8 Å². The molecular formula is C24H25NO7. The van der Waals surface area contributed by atoms with E-state index in [0.717, 1.165) is 16.7 Å². The normalized spacial score (nSPS) is 23.8. The summed E-state index contributed by atoms with van der Waals surface area (Å²) in [6.45, 7) is 2.85. The summed E-state index contributed by atoms with van der Waals surface area (Å²) >= 11 is 0. The number of methoxy groups -OCH3 is 2. The van der Waals surface area contributed by atoms with Crippen molar-refractivity contribution in [2.24, 2.45) is 0 Å². The summed E-state index contributed by atoms with van der Waals surface area (Å²) in [6, 6.07) is 13.0. The Labute approximate surface area is 186 Å². The molecule has 2 aromatic carbocycles. The van der Waals surface area contributed by atoms with E-state index in [1.807, 2.05) is 42.5 Å². The molecule has 2 aromatic rings. The lowest BCUT2D eigenvalue weighted by atomic mass is 9.73. The molecule has 0 saturated carbocycles. The molecule has 0 aliphatic carbocycles. The zero-order valence-electron chi connectivity index (χ0n) is 18.4. The molecule has 4 rings (SSSR count). The van der Waals surface area contributed by atoms with Gasteiger partial charge in [-0.1, -0.05) is 30.3 Å². The van der Waals surface area contributed by atoms with Crippen molar-refractivity contribution in [2.75, 3.05) is 20.8 Å². The number of fused-ring (bicyclic) bond motifs is 3. The quantitative estimate of drug-likeness (QED) is 0.660. The number of esters is 2. The highest BCUT2D eigenvalue weighted by molar-refractivity contribution is 5.90. The monoisotopic (exact) mass is 439 g/mol. The van der Waals surface area contributed by atoms with Gasteiger partial charge in [0.25, 0.3) is 5.91 Å². The van der Waals surface area contributed by atoms with E-state index in [-0.39, 0.29) is 0 Å². The van der Waals surface area contributed by atoms with Gasteiger partial charge in [-0.15, -0.1) is 0 Å². The van der Waals surface area contributed by atoms with Crippen LogP contribution in [0.3, 0.4) is 0 Å². The lowest BCUT2D eigenvalue weighted by molar-refractivity contribution is -0.167. The van der Waals surface area contributed by atoms with Gasteiger partial charge in [0, 0.05) is 20.4 Å². The first kappa shape index (κ1) is 21.7. The number of carbonyl (C=O) groups excluding carboxylic acids is 3. The fourth-order valence-corrected chi connectivity index (χ4v) is 4.91. The van der Waals surface area contributed by atoms with Crippen molar-refractivity contribution in [3.63, 3.8) is 0 Å². The molecule has 32 heavy (non-hydrogen) atoms. The summed E-state index contributed by atoms with van der Waals surface area (Å²) in [5.74, 6) is -0.572. The van der Waals surface area contributed by atoms with Gasteiger partial charge < -0.3 is 23.8 Å². The molecule has 2 heterocycles. The second kappa shape index (κ2) is 8.18. The smallest absolute Gasteiger partial charge is 0.303 e. The molecule has 8 nitrogen and oxygen atoms in total. The number of benzene rings is 2. The van der Waals surface area contributed by atoms with Gasteiger partial charge in [0.05, 0.1) is 14.2 Å². The van der Waals surface area contributed by atoms with E-state index in [2.05, 4.69) is 0 Å². The summed E-state index contributed by atoms with van der Waals surface area (Å²) in [7, 11) is 3.09. The first-order valence-corrected chi connectivity index (χ1v) is 10.3. The Morgan fingerprint density at radius 3 is 2.19 bits per heavy atom. The minimum Gasteiger partial charge on any atom is -0.493 e. The van der Waals surface area contributed by atoms with Crippen LogP contribution in [-0.4, -0.2) is 55.7 Å². The van der Waals surface area contributed by atoms with E-state index >= 15 is 0 Å². The molecule has 1 fully saturated rings. The zero-order chi connectivity index (χ0) is 23.0. The van der Waals surface area contributed by atoms with E-state index in [4.69, 9.17) is 18.9 Å². The molecule has 0 bridgehead atoms. The van der Waals surface area contributed by atoms with Gasteiger partial charge >= 0.3 is 11.9 Å². The number of carbonyl (C=O) groups is 3. The second-order valence-electron chi connectivity index (χ2n) is 7.80. The van der Waals surface area contributed by atoms with Crippen LogP contribution in [0.25, 0.3) is 0 Å². The molecule has 0 spiro atoms. The van der Waals surface area contributed by atoms with E-state index in [1.54, 1.807) is 12.0 Å². The van der Waals surface area contributed by atoms with Gasteiger partial charge in [-0.05, 0) is 35.2 Å². The average Bonchev–Trinajstić information content (AvgIpc) is 3.01. The number of amides is 1. The van der Waals surface area contributed by atoms with Crippen LogP contribution in [0.5, 0.6) is 11.5 Å². The minimum absolute atomic E-state index is 0.353. The molecular weight excluding hydrogens is 414 g/mol. The van der Waals surface area contributed by atoms with Crippen molar-refractivity contribution in [3.05, 3.63) is 59.2 Å². The van der Waals surface area contributed by atoms with Gasteiger partial charge in [0.2, 0.25) is 6.10 Å². The largest absolute Gasteiger partial charge is 0.493 e. The van der Waals surface area contributed by atoms with Gasteiger partial charge in [0.15, 0.2) is 17.6 Å². The molecule has 8 heteroatoms. The maximum absolute atomic E-state index is 13.5. The Morgan fingerprint density at radius 1 is 0.969 bits per heavy atom. The molecule has 1 saturated heterocycles. The highest BCUT2D eigenvalue weighted by Crippen LogP contribution is 2.52. The molecule has 2 aliphatic heterocycles. The van der Waals surface area contributed by atoms with Crippen LogP contribution in [0.2, 0.25) is 0 Å². The third-order valence-corrected chi connectivity index (χ3v) is 6.05. The summed E-state index contributed by atoms with van der Waals surface area (Å²) in [6.07, 6.45) is -1.80. The standard InChI is InChI=1S/C24H25NO7/c1-14(26)31-21-22(32-15(2)27)24(17-8-6-5-7-9-17)18-13-20(30-4)19(29-3)12-16(18)10-11-25(24)23(21)28/h5-9,12-13,21-22H,10-11H2,1-4H3/t21-,22-,24-/m1/s1. The van der Waals surface area contributed by atoms with Crippen molar-refractivity contribution < 1.29 is 33.3 Å². The SMILES string of the molecule is COc1cc2c(cc1OC)[C@]1(c3ccccc3)[C@H](OC(C)=O)[C@@H](OC(C)=O)C(=O)N1CC2. The molecule has 0 aromatic heterocycles.